The lowest BCUT2D eigenvalue weighted by atomic mass is 9.74. The first-order valence-electron chi connectivity index (χ1n) is 6.33. The van der Waals surface area contributed by atoms with E-state index in [0.717, 1.165) is 24.6 Å². The van der Waals surface area contributed by atoms with Gasteiger partial charge < -0.3 is 5.11 Å². The number of hydrogen-bond donors (Lipinski definition) is 1. The Labute approximate surface area is 112 Å². The molecule has 1 unspecified atom stereocenters. The first-order valence-corrected chi connectivity index (χ1v) is 7.32. The molecule has 0 aromatic rings. The highest BCUT2D eigenvalue weighted by atomic mass is 32.2. The summed E-state index contributed by atoms with van der Waals surface area (Å²) >= 11 is 1.13. The van der Waals surface area contributed by atoms with Crippen molar-refractivity contribution in [1.82, 2.24) is 0 Å². The smallest absolute Gasteiger partial charge is 0.307 e. The lowest BCUT2D eigenvalue weighted by Gasteiger charge is -2.29. The molecule has 1 rings (SSSR count). The van der Waals surface area contributed by atoms with Crippen LogP contribution in [0.5, 0.6) is 0 Å². The van der Waals surface area contributed by atoms with Gasteiger partial charge in [-0.3, -0.25) is 14.4 Å². The molecule has 1 N–H and O–H groups in total. The maximum absolute atomic E-state index is 12.2. The normalized spacial score (nSPS) is 25.4. The first kappa shape index (κ1) is 15.2. The maximum atomic E-state index is 12.2. The maximum Gasteiger partial charge on any atom is 0.307 e. The second-order valence-electron chi connectivity index (χ2n) is 4.94. The summed E-state index contributed by atoms with van der Waals surface area (Å²) in [6.45, 7) is 3.26. The number of thioether (sulfide) groups is 1. The number of aliphatic carboxylic acids is 1. The van der Waals surface area contributed by atoms with Gasteiger partial charge in [0.05, 0.1) is 5.92 Å². The molecule has 5 heteroatoms. The van der Waals surface area contributed by atoms with Gasteiger partial charge in [-0.05, 0) is 12.8 Å². The molecule has 18 heavy (non-hydrogen) atoms. The molecule has 1 aliphatic carbocycles. The Balaban J connectivity index is 2.62. The molecule has 1 fully saturated rings. The van der Waals surface area contributed by atoms with Crippen molar-refractivity contribution in [2.24, 2.45) is 17.8 Å². The molecule has 1 aliphatic rings. The quantitative estimate of drug-likeness (QED) is 0.832. The van der Waals surface area contributed by atoms with Crippen LogP contribution in [0.4, 0.5) is 0 Å². The second kappa shape index (κ2) is 6.92. The average Bonchev–Trinajstić information content (AvgIpc) is 2.34. The molecule has 0 spiro atoms. The molecular weight excluding hydrogens is 252 g/mol. The monoisotopic (exact) mass is 272 g/mol. The predicted molar refractivity (Wildman–Crippen MR) is 70.4 cm³/mol. The Kier molecular flexibility index (Phi) is 5.85. The summed E-state index contributed by atoms with van der Waals surface area (Å²) in [4.78, 5) is 34.3. The van der Waals surface area contributed by atoms with Crippen molar-refractivity contribution in [3.8, 4) is 0 Å². The fraction of sp³-hybridized carbons (Fsp3) is 0.769. The molecule has 0 bridgehead atoms. The van der Waals surface area contributed by atoms with Crippen LogP contribution in [0.3, 0.4) is 0 Å². The van der Waals surface area contributed by atoms with Crippen molar-refractivity contribution in [1.29, 1.82) is 0 Å². The predicted octanol–water partition coefficient (Wildman–Crippen LogP) is 2.36. The van der Waals surface area contributed by atoms with Gasteiger partial charge in [-0.25, -0.2) is 0 Å². The average molecular weight is 272 g/mol. The highest BCUT2D eigenvalue weighted by Crippen LogP contribution is 2.33. The van der Waals surface area contributed by atoms with Crippen LogP contribution >= 0.6 is 11.8 Å². The Hall–Kier alpha value is -0.840. The zero-order chi connectivity index (χ0) is 13.7. The summed E-state index contributed by atoms with van der Waals surface area (Å²) in [6, 6.07) is 0. The molecule has 0 heterocycles. The fourth-order valence-corrected chi connectivity index (χ4v) is 3.11. The van der Waals surface area contributed by atoms with Gasteiger partial charge in [0.2, 0.25) is 0 Å². The van der Waals surface area contributed by atoms with Gasteiger partial charge in [0.25, 0.3) is 0 Å². The van der Waals surface area contributed by atoms with Crippen molar-refractivity contribution in [2.45, 2.75) is 39.5 Å². The largest absolute Gasteiger partial charge is 0.481 e. The van der Waals surface area contributed by atoms with Crippen molar-refractivity contribution < 1.29 is 19.5 Å². The van der Waals surface area contributed by atoms with E-state index >= 15 is 0 Å². The summed E-state index contributed by atoms with van der Waals surface area (Å²) in [5.41, 5.74) is 0. The van der Waals surface area contributed by atoms with Gasteiger partial charge in [-0.1, -0.05) is 31.5 Å². The molecule has 0 aromatic heterocycles. The minimum Gasteiger partial charge on any atom is -0.481 e. The molecular formula is C13H20O4S. The van der Waals surface area contributed by atoms with Crippen molar-refractivity contribution in [3.63, 3.8) is 0 Å². The number of hydrogen-bond acceptors (Lipinski definition) is 4. The molecule has 0 aromatic carbocycles. The lowest BCUT2D eigenvalue weighted by molar-refractivity contribution is -0.149. The second-order valence-corrected chi connectivity index (χ2v) is 6.14. The van der Waals surface area contributed by atoms with Crippen LogP contribution in [-0.4, -0.2) is 27.7 Å². The standard InChI is InChI=1S/C13H20O4S/c1-8(7-18-9(2)14)12(15)10-5-3-4-6-11(10)13(16)17/h8,10-11H,3-7H2,1-2H3,(H,16,17)/t8?,10-,11-/m1/s1. The summed E-state index contributed by atoms with van der Waals surface area (Å²) in [7, 11) is 0. The molecule has 4 nitrogen and oxygen atoms in total. The van der Waals surface area contributed by atoms with Gasteiger partial charge in [0.1, 0.15) is 5.78 Å². The van der Waals surface area contributed by atoms with E-state index in [1.54, 1.807) is 6.92 Å². The van der Waals surface area contributed by atoms with Crippen LogP contribution in [0, 0.1) is 17.8 Å². The van der Waals surface area contributed by atoms with Gasteiger partial charge in [-0.15, -0.1) is 0 Å². The molecule has 0 radical (unpaired) electrons. The van der Waals surface area contributed by atoms with Crippen LogP contribution in [0.15, 0.2) is 0 Å². The molecule has 3 atom stereocenters. The topological polar surface area (TPSA) is 71.4 Å². The molecule has 0 amide bonds. The third-order valence-corrected chi connectivity index (χ3v) is 4.54. The van der Waals surface area contributed by atoms with E-state index in [9.17, 15) is 14.4 Å². The van der Waals surface area contributed by atoms with E-state index in [0.29, 0.717) is 18.6 Å². The summed E-state index contributed by atoms with van der Waals surface area (Å²) in [5, 5.41) is 9.14. The number of carbonyl (C=O) groups excluding carboxylic acids is 2. The van der Waals surface area contributed by atoms with Gasteiger partial charge in [0, 0.05) is 24.5 Å². The molecule has 0 saturated heterocycles. The number of carbonyl (C=O) groups is 3. The first-order chi connectivity index (χ1) is 8.43. The summed E-state index contributed by atoms with van der Waals surface area (Å²) in [5.74, 6) is -1.54. The third kappa shape index (κ3) is 4.12. The Bertz CT molecular complexity index is 340. The van der Waals surface area contributed by atoms with Crippen molar-refractivity contribution in [2.75, 3.05) is 5.75 Å². The van der Waals surface area contributed by atoms with Gasteiger partial charge in [-0.2, -0.15) is 0 Å². The molecule has 1 saturated carbocycles. The van der Waals surface area contributed by atoms with E-state index in [1.165, 1.54) is 6.92 Å². The van der Waals surface area contributed by atoms with E-state index in [1.807, 2.05) is 0 Å². The minimum absolute atomic E-state index is 0.00641. The Morgan fingerprint density at radius 1 is 1.22 bits per heavy atom. The van der Waals surface area contributed by atoms with Crippen molar-refractivity contribution in [3.05, 3.63) is 0 Å². The van der Waals surface area contributed by atoms with Crippen LogP contribution in [0.1, 0.15) is 39.5 Å². The summed E-state index contributed by atoms with van der Waals surface area (Å²) < 4.78 is 0. The minimum atomic E-state index is -0.862. The van der Waals surface area contributed by atoms with Crippen LogP contribution in [-0.2, 0) is 14.4 Å². The highest BCUT2D eigenvalue weighted by Gasteiger charge is 2.37. The zero-order valence-corrected chi connectivity index (χ0v) is 11.7. The zero-order valence-electron chi connectivity index (χ0n) is 10.8. The Morgan fingerprint density at radius 3 is 2.28 bits per heavy atom. The van der Waals surface area contributed by atoms with Crippen LogP contribution in [0.2, 0.25) is 0 Å². The van der Waals surface area contributed by atoms with Gasteiger partial charge in [0.15, 0.2) is 5.12 Å². The van der Waals surface area contributed by atoms with Crippen LogP contribution < -0.4 is 0 Å². The number of Topliss-reactive ketones (excluding diaryl/α,β-unsaturated/α-hetero) is 1. The molecule has 102 valence electrons. The lowest BCUT2D eigenvalue weighted by Crippen LogP contribution is -2.36. The van der Waals surface area contributed by atoms with E-state index in [2.05, 4.69) is 0 Å². The third-order valence-electron chi connectivity index (χ3n) is 3.47. The van der Waals surface area contributed by atoms with Crippen LogP contribution in [0.25, 0.3) is 0 Å². The van der Waals surface area contributed by atoms with E-state index < -0.39 is 11.9 Å². The van der Waals surface area contributed by atoms with Crippen molar-refractivity contribution >= 4 is 28.6 Å². The van der Waals surface area contributed by atoms with E-state index in [-0.39, 0.29) is 22.7 Å². The highest BCUT2D eigenvalue weighted by molar-refractivity contribution is 8.13. The number of rotatable bonds is 5. The fourth-order valence-electron chi connectivity index (χ4n) is 2.46. The SMILES string of the molecule is CC(=O)SCC(C)C(=O)[C@@H]1CCCC[C@H]1C(=O)O. The number of carboxylic acids is 1. The molecule has 0 aliphatic heterocycles. The Morgan fingerprint density at radius 2 is 1.78 bits per heavy atom. The van der Waals surface area contributed by atoms with Gasteiger partial charge >= 0.3 is 5.97 Å². The summed E-state index contributed by atoms with van der Waals surface area (Å²) in [6.07, 6.45) is 3.08. The van der Waals surface area contributed by atoms with E-state index in [4.69, 9.17) is 5.11 Å². The number of ketones is 1. The number of carboxylic acid groups (broad SMARTS) is 1.